The third-order valence-corrected chi connectivity index (χ3v) is 1.76. The molecule has 0 N–H and O–H groups in total. The summed E-state index contributed by atoms with van der Waals surface area (Å²) < 4.78 is 0. The zero-order valence-corrected chi connectivity index (χ0v) is 6.22. The van der Waals surface area contributed by atoms with Gasteiger partial charge in [0.2, 0.25) is 0 Å². The van der Waals surface area contributed by atoms with Gasteiger partial charge in [-0.2, -0.15) is 0 Å². The summed E-state index contributed by atoms with van der Waals surface area (Å²) in [6, 6.07) is 0. The Kier molecular flexibility index (Phi) is 2.10. The highest BCUT2D eigenvalue weighted by molar-refractivity contribution is 5.17. The number of hydrogen-bond donors (Lipinski definition) is 0. The van der Waals surface area contributed by atoms with Crippen molar-refractivity contribution < 1.29 is 0 Å². The van der Waals surface area contributed by atoms with Crippen molar-refractivity contribution >= 4 is 0 Å². The summed E-state index contributed by atoms with van der Waals surface area (Å²) in [6.07, 6.45) is 9.29. The van der Waals surface area contributed by atoms with E-state index in [-0.39, 0.29) is 0 Å². The van der Waals surface area contributed by atoms with E-state index in [2.05, 4.69) is 32.1 Å². The van der Waals surface area contributed by atoms with Crippen LogP contribution >= 0.6 is 0 Å². The van der Waals surface area contributed by atoms with Gasteiger partial charge in [-0.05, 0) is 25.7 Å². The van der Waals surface area contributed by atoms with Gasteiger partial charge in [0, 0.05) is 0 Å². The van der Waals surface area contributed by atoms with E-state index >= 15 is 0 Å². The fraction of sp³-hybridized carbons (Fsp3) is 0.556. The quantitative estimate of drug-likeness (QED) is 0.463. The summed E-state index contributed by atoms with van der Waals surface area (Å²) in [5.74, 6) is 0.846. The maximum atomic E-state index is 2.31. The molecule has 50 valence electrons. The molecule has 0 heteroatoms. The van der Waals surface area contributed by atoms with Crippen molar-refractivity contribution in [3.05, 3.63) is 23.8 Å². The molecule has 0 spiro atoms. The van der Waals surface area contributed by atoms with Crippen LogP contribution in [0.5, 0.6) is 0 Å². The first kappa shape index (κ1) is 6.60. The molecule has 0 fully saturated rings. The second-order valence-electron chi connectivity index (χ2n) is 2.93. The minimum Gasteiger partial charge on any atom is -0.0840 e. The number of hydrogen-bond acceptors (Lipinski definition) is 0. The number of allylic oxidation sites excluding steroid dienone is 4. The lowest BCUT2D eigenvalue weighted by molar-refractivity contribution is 0.606. The zero-order valence-electron chi connectivity index (χ0n) is 6.22. The fourth-order valence-electron chi connectivity index (χ4n) is 1.04. The van der Waals surface area contributed by atoms with Gasteiger partial charge in [0.15, 0.2) is 0 Å². The molecule has 0 heterocycles. The van der Waals surface area contributed by atoms with Gasteiger partial charge in [0.05, 0.1) is 0 Å². The lowest BCUT2D eigenvalue weighted by atomic mass is 10.1. The molecule has 0 saturated heterocycles. The van der Waals surface area contributed by atoms with Crippen LogP contribution in [0, 0.1) is 5.92 Å². The van der Waals surface area contributed by atoms with E-state index in [1.165, 1.54) is 18.4 Å². The summed E-state index contributed by atoms with van der Waals surface area (Å²) in [4.78, 5) is 0. The molecular weight excluding hydrogens is 108 g/mol. The van der Waals surface area contributed by atoms with Crippen LogP contribution in [0.3, 0.4) is 0 Å². The van der Waals surface area contributed by atoms with E-state index in [4.69, 9.17) is 0 Å². The molecule has 1 unspecified atom stereocenters. The molecule has 0 bridgehead atoms. The van der Waals surface area contributed by atoms with Gasteiger partial charge >= 0.3 is 0 Å². The van der Waals surface area contributed by atoms with Crippen LogP contribution < -0.4 is 0 Å². The van der Waals surface area contributed by atoms with Crippen LogP contribution in [0.25, 0.3) is 0 Å². The summed E-state index contributed by atoms with van der Waals surface area (Å²) in [5.41, 5.74) is 1.42. The Bertz CT molecular complexity index is 140. The lowest BCUT2D eigenvalue weighted by Gasteiger charge is -2.00. The molecule has 9 heavy (non-hydrogen) atoms. The standard InChI is InChI=1S/C9H14/c1-8-4-3-5-9(2)7-6-8/h3-4,6,9H,5,7H2,1-2H3. The SMILES string of the molecule is CC1=CCC(C)CC=C1. The molecule has 0 aromatic heterocycles. The van der Waals surface area contributed by atoms with Gasteiger partial charge in [0.25, 0.3) is 0 Å². The van der Waals surface area contributed by atoms with Crippen LogP contribution in [-0.4, -0.2) is 0 Å². The predicted octanol–water partition coefficient (Wildman–Crippen LogP) is 2.92. The van der Waals surface area contributed by atoms with Crippen LogP contribution in [-0.2, 0) is 0 Å². The van der Waals surface area contributed by atoms with E-state index in [9.17, 15) is 0 Å². The second kappa shape index (κ2) is 2.86. The topological polar surface area (TPSA) is 0 Å². The van der Waals surface area contributed by atoms with E-state index in [1.807, 2.05) is 0 Å². The zero-order chi connectivity index (χ0) is 6.69. The van der Waals surface area contributed by atoms with E-state index in [0.29, 0.717) is 0 Å². The summed E-state index contributed by atoms with van der Waals surface area (Å²) >= 11 is 0. The molecule has 0 saturated carbocycles. The van der Waals surface area contributed by atoms with Gasteiger partial charge in [0.1, 0.15) is 0 Å². The molecule has 1 aliphatic carbocycles. The Hall–Kier alpha value is -0.520. The highest BCUT2D eigenvalue weighted by Crippen LogP contribution is 2.15. The monoisotopic (exact) mass is 122 g/mol. The maximum Gasteiger partial charge on any atom is -0.0316 e. The molecule has 0 aromatic rings. The van der Waals surface area contributed by atoms with Crippen LogP contribution in [0.1, 0.15) is 26.7 Å². The largest absolute Gasteiger partial charge is 0.0840 e. The highest BCUT2D eigenvalue weighted by Gasteiger charge is 1.99. The highest BCUT2D eigenvalue weighted by atomic mass is 14.0. The van der Waals surface area contributed by atoms with Gasteiger partial charge in [-0.3, -0.25) is 0 Å². The summed E-state index contributed by atoms with van der Waals surface area (Å²) in [7, 11) is 0. The van der Waals surface area contributed by atoms with Crippen LogP contribution in [0.15, 0.2) is 23.8 Å². The van der Waals surface area contributed by atoms with Crippen LogP contribution in [0.2, 0.25) is 0 Å². The van der Waals surface area contributed by atoms with Crippen molar-refractivity contribution in [2.45, 2.75) is 26.7 Å². The normalized spacial score (nSPS) is 27.3. The second-order valence-corrected chi connectivity index (χ2v) is 2.93. The molecule has 0 aliphatic heterocycles. The minimum atomic E-state index is 0.846. The first-order valence-corrected chi connectivity index (χ1v) is 3.62. The van der Waals surface area contributed by atoms with E-state index in [0.717, 1.165) is 5.92 Å². The van der Waals surface area contributed by atoms with Crippen molar-refractivity contribution in [2.24, 2.45) is 5.92 Å². The maximum absolute atomic E-state index is 2.31. The molecule has 0 nitrogen and oxygen atoms in total. The van der Waals surface area contributed by atoms with Crippen molar-refractivity contribution in [1.82, 2.24) is 0 Å². The molecule has 1 atom stereocenters. The first-order chi connectivity index (χ1) is 4.29. The van der Waals surface area contributed by atoms with Crippen molar-refractivity contribution in [3.8, 4) is 0 Å². The van der Waals surface area contributed by atoms with Crippen LogP contribution in [0.4, 0.5) is 0 Å². The Morgan fingerprint density at radius 3 is 3.00 bits per heavy atom. The molecule has 0 radical (unpaired) electrons. The average Bonchev–Trinajstić information content (AvgIpc) is 1.97. The third kappa shape index (κ3) is 2.05. The molecule has 1 rings (SSSR count). The Morgan fingerprint density at radius 1 is 1.44 bits per heavy atom. The van der Waals surface area contributed by atoms with Crippen molar-refractivity contribution in [2.75, 3.05) is 0 Å². The minimum absolute atomic E-state index is 0.846. The van der Waals surface area contributed by atoms with Gasteiger partial charge in [-0.25, -0.2) is 0 Å². The third-order valence-electron chi connectivity index (χ3n) is 1.76. The Morgan fingerprint density at radius 2 is 2.22 bits per heavy atom. The summed E-state index contributed by atoms with van der Waals surface area (Å²) in [5, 5.41) is 0. The van der Waals surface area contributed by atoms with Crippen molar-refractivity contribution in [1.29, 1.82) is 0 Å². The van der Waals surface area contributed by atoms with Gasteiger partial charge < -0.3 is 0 Å². The number of rotatable bonds is 0. The smallest absolute Gasteiger partial charge is 0.0316 e. The molecule has 0 aromatic carbocycles. The molecular formula is C9H14. The average molecular weight is 122 g/mol. The van der Waals surface area contributed by atoms with Gasteiger partial charge in [-0.1, -0.05) is 30.7 Å². The van der Waals surface area contributed by atoms with Gasteiger partial charge in [-0.15, -0.1) is 0 Å². The molecule has 0 amide bonds. The Labute approximate surface area is 57.3 Å². The first-order valence-electron chi connectivity index (χ1n) is 3.62. The Balaban J connectivity index is 2.58. The summed E-state index contributed by atoms with van der Waals surface area (Å²) in [6.45, 7) is 4.45. The fourth-order valence-corrected chi connectivity index (χ4v) is 1.04. The van der Waals surface area contributed by atoms with E-state index in [1.54, 1.807) is 0 Å². The molecule has 1 aliphatic rings. The van der Waals surface area contributed by atoms with E-state index < -0.39 is 0 Å². The predicted molar refractivity (Wildman–Crippen MR) is 41.3 cm³/mol. The lowest BCUT2D eigenvalue weighted by Crippen LogP contribution is -1.86. The van der Waals surface area contributed by atoms with Crippen molar-refractivity contribution in [3.63, 3.8) is 0 Å².